The molecule has 0 atom stereocenters. The highest BCUT2D eigenvalue weighted by Crippen LogP contribution is 2.14. The monoisotopic (exact) mass is 257 g/mol. The van der Waals surface area contributed by atoms with E-state index in [1.807, 2.05) is 20.8 Å². The molecule has 98 valence electrons. The molecule has 0 saturated carbocycles. The summed E-state index contributed by atoms with van der Waals surface area (Å²) in [5.41, 5.74) is 3.93. The second kappa shape index (κ2) is 5.31. The number of benzene rings is 1. The summed E-state index contributed by atoms with van der Waals surface area (Å²) in [5.74, 6) is -0.321. The first-order valence-corrected chi connectivity index (χ1v) is 6.19. The Labute approximate surface area is 112 Å². The Morgan fingerprint density at radius 1 is 1.11 bits per heavy atom. The largest absolute Gasteiger partial charge is 0.294 e. The van der Waals surface area contributed by atoms with E-state index in [2.05, 4.69) is 4.98 Å². The number of nitrogens with zero attached hydrogens (tertiary/aromatic N) is 1. The highest BCUT2D eigenvalue weighted by Gasteiger charge is 2.11. The van der Waals surface area contributed by atoms with Gasteiger partial charge in [-0.2, -0.15) is 0 Å². The lowest BCUT2D eigenvalue weighted by atomic mass is 9.99. The van der Waals surface area contributed by atoms with Gasteiger partial charge in [0, 0.05) is 23.4 Å². The number of Topliss-reactive ketones (excluding diaryl/α,β-unsaturated/α-hetero) is 1. The average Bonchev–Trinajstić information content (AvgIpc) is 2.32. The van der Waals surface area contributed by atoms with E-state index in [-0.39, 0.29) is 18.0 Å². The highest BCUT2D eigenvalue weighted by atomic mass is 19.1. The van der Waals surface area contributed by atoms with Crippen LogP contribution in [0, 0.1) is 26.6 Å². The Balaban J connectivity index is 2.28. The molecular weight excluding hydrogens is 241 g/mol. The van der Waals surface area contributed by atoms with Crippen molar-refractivity contribution >= 4 is 5.78 Å². The molecule has 1 aromatic heterocycles. The van der Waals surface area contributed by atoms with Crippen molar-refractivity contribution in [3.8, 4) is 0 Å². The number of pyridine rings is 1. The van der Waals surface area contributed by atoms with Crippen LogP contribution in [0.1, 0.15) is 32.9 Å². The number of hydrogen-bond acceptors (Lipinski definition) is 2. The molecule has 0 aliphatic rings. The van der Waals surface area contributed by atoms with Gasteiger partial charge in [-0.25, -0.2) is 4.39 Å². The van der Waals surface area contributed by atoms with Gasteiger partial charge in [-0.3, -0.25) is 9.78 Å². The quantitative estimate of drug-likeness (QED) is 0.787. The number of hydrogen-bond donors (Lipinski definition) is 0. The SMILES string of the molecule is Cc1cc(C(=O)Cc2cc(F)ccc2C)cc(C)n1. The molecule has 0 unspecified atom stereocenters. The summed E-state index contributed by atoms with van der Waals surface area (Å²) in [7, 11) is 0. The van der Waals surface area contributed by atoms with E-state index in [4.69, 9.17) is 0 Å². The molecule has 1 aromatic carbocycles. The molecule has 3 heteroatoms. The van der Waals surface area contributed by atoms with Gasteiger partial charge in [-0.05, 0) is 56.2 Å². The molecule has 0 fully saturated rings. The van der Waals surface area contributed by atoms with Crippen molar-refractivity contribution in [2.24, 2.45) is 0 Å². The standard InChI is InChI=1S/C16H16FNO/c1-10-4-5-15(17)8-13(10)9-16(19)14-6-11(2)18-12(3)7-14/h4-8H,9H2,1-3H3. The van der Waals surface area contributed by atoms with Crippen LogP contribution in [0.2, 0.25) is 0 Å². The molecule has 0 aliphatic heterocycles. The van der Waals surface area contributed by atoms with Crippen LogP contribution in [0.3, 0.4) is 0 Å². The summed E-state index contributed by atoms with van der Waals surface area (Å²) < 4.78 is 13.2. The van der Waals surface area contributed by atoms with Crippen molar-refractivity contribution in [3.05, 3.63) is 64.2 Å². The van der Waals surface area contributed by atoms with Gasteiger partial charge in [0.05, 0.1) is 0 Å². The molecule has 0 aliphatic carbocycles. The van der Waals surface area contributed by atoms with Crippen LogP contribution in [0.5, 0.6) is 0 Å². The summed E-state index contributed by atoms with van der Waals surface area (Å²) in [6.07, 6.45) is 0.215. The van der Waals surface area contributed by atoms with Crippen LogP contribution < -0.4 is 0 Å². The summed E-state index contributed by atoms with van der Waals surface area (Å²) in [4.78, 5) is 16.5. The minimum atomic E-state index is -0.310. The number of ketones is 1. The van der Waals surface area contributed by atoms with Gasteiger partial charge in [0.15, 0.2) is 5.78 Å². The molecule has 0 N–H and O–H groups in total. The first-order valence-electron chi connectivity index (χ1n) is 6.19. The Morgan fingerprint density at radius 3 is 2.37 bits per heavy atom. The van der Waals surface area contributed by atoms with Crippen molar-refractivity contribution in [2.75, 3.05) is 0 Å². The average molecular weight is 257 g/mol. The first-order chi connectivity index (χ1) is 8.95. The molecule has 19 heavy (non-hydrogen) atoms. The predicted octanol–water partition coefficient (Wildman–Crippen LogP) is 3.57. The number of carbonyl (C=O) groups is 1. The van der Waals surface area contributed by atoms with Crippen molar-refractivity contribution in [3.63, 3.8) is 0 Å². The lowest BCUT2D eigenvalue weighted by molar-refractivity contribution is 0.0992. The Hall–Kier alpha value is -2.03. The van der Waals surface area contributed by atoms with E-state index in [1.165, 1.54) is 12.1 Å². The lowest BCUT2D eigenvalue weighted by Crippen LogP contribution is -2.06. The van der Waals surface area contributed by atoms with Crippen LogP contribution in [0.25, 0.3) is 0 Å². The van der Waals surface area contributed by atoms with Crippen molar-refractivity contribution < 1.29 is 9.18 Å². The molecule has 0 bridgehead atoms. The highest BCUT2D eigenvalue weighted by molar-refractivity contribution is 5.97. The van der Waals surface area contributed by atoms with Gasteiger partial charge >= 0.3 is 0 Å². The first kappa shape index (κ1) is 13.4. The Morgan fingerprint density at radius 2 is 1.74 bits per heavy atom. The number of carbonyl (C=O) groups excluding carboxylic acids is 1. The molecule has 2 rings (SSSR count). The van der Waals surface area contributed by atoms with Crippen LogP contribution in [-0.4, -0.2) is 10.8 Å². The topological polar surface area (TPSA) is 30.0 Å². The molecule has 1 heterocycles. The minimum Gasteiger partial charge on any atom is -0.294 e. The van der Waals surface area contributed by atoms with Crippen LogP contribution >= 0.6 is 0 Å². The second-order valence-electron chi connectivity index (χ2n) is 4.81. The number of rotatable bonds is 3. The predicted molar refractivity (Wildman–Crippen MR) is 72.9 cm³/mol. The van der Waals surface area contributed by atoms with Crippen molar-refractivity contribution in [1.29, 1.82) is 0 Å². The van der Waals surface area contributed by atoms with Gasteiger partial charge in [0.2, 0.25) is 0 Å². The molecule has 0 saturated heterocycles. The van der Waals surface area contributed by atoms with Gasteiger partial charge in [0.1, 0.15) is 5.82 Å². The lowest BCUT2D eigenvalue weighted by Gasteiger charge is -2.07. The van der Waals surface area contributed by atoms with Gasteiger partial charge in [-0.1, -0.05) is 6.07 Å². The number of halogens is 1. The maximum absolute atomic E-state index is 13.2. The fourth-order valence-electron chi connectivity index (χ4n) is 2.10. The van der Waals surface area contributed by atoms with Crippen molar-refractivity contribution in [1.82, 2.24) is 4.98 Å². The molecule has 2 aromatic rings. The van der Waals surface area contributed by atoms with Gasteiger partial charge in [0.25, 0.3) is 0 Å². The van der Waals surface area contributed by atoms with Gasteiger partial charge < -0.3 is 0 Å². The molecule has 0 amide bonds. The minimum absolute atomic E-state index is 0.0118. The van der Waals surface area contributed by atoms with E-state index in [0.29, 0.717) is 5.56 Å². The zero-order chi connectivity index (χ0) is 14.0. The number of aromatic nitrogens is 1. The third kappa shape index (κ3) is 3.25. The molecule has 0 spiro atoms. The van der Waals surface area contributed by atoms with Crippen molar-refractivity contribution in [2.45, 2.75) is 27.2 Å². The molecule has 0 radical (unpaired) electrons. The van der Waals surface area contributed by atoms with E-state index in [1.54, 1.807) is 18.2 Å². The third-order valence-electron chi connectivity index (χ3n) is 3.07. The zero-order valence-electron chi connectivity index (χ0n) is 11.3. The maximum atomic E-state index is 13.2. The fraction of sp³-hybridized carbons (Fsp3) is 0.250. The summed E-state index contributed by atoms with van der Waals surface area (Å²) >= 11 is 0. The molecular formula is C16H16FNO. The summed E-state index contributed by atoms with van der Waals surface area (Å²) in [6.45, 7) is 5.60. The van der Waals surface area contributed by atoms with E-state index < -0.39 is 0 Å². The molecule has 2 nitrogen and oxygen atoms in total. The summed E-state index contributed by atoms with van der Waals surface area (Å²) in [6, 6.07) is 8.06. The van der Waals surface area contributed by atoms with Crippen LogP contribution in [0.4, 0.5) is 4.39 Å². The summed E-state index contributed by atoms with van der Waals surface area (Å²) in [5, 5.41) is 0. The Bertz CT molecular complexity index is 614. The fourth-order valence-corrected chi connectivity index (χ4v) is 2.10. The normalized spacial score (nSPS) is 10.5. The van der Waals surface area contributed by atoms with E-state index in [9.17, 15) is 9.18 Å². The van der Waals surface area contributed by atoms with E-state index >= 15 is 0 Å². The number of aryl methyl sites for hydroxylation is 3. The van der Waals surface area contributed by atoms with Crippen LogP contribution in [0.15, 0.2) is 30.3 Å². The van der Waals surface area contributed by atoms with Gasteiger partial charge in [-0.15, -0.1) is 0 Å². The zero-order valence-corrected chi connectivity index (χ0v) is 11.3. The smallest absolute Gasteiger partial charge is 0.167 e. The van der Waals surface area contributed by atoms with E-state index in [0.717, 1.165) is 22.5 Å². The second-order valence-corrected chi connectivity index (χ2v) is 4.81. The Kier molecular flexibility index (Phi) is 3.74. The third-order valence-corrected chi connectivity index (χ3v) is 3.07. The maximum Gasteiger partial charge on any atom is 0.167 e. The van der Waals surface area contributed by atoms with Crippen LogP contribution in [-0.2, 0) is 6.42 Å².